The molecule has 18 heavy (non-hydrogen) atoms. The van der Waals surface area contributed by atoms with Crippen LogP contribution in [0.25, 0.3) is 0 Å². The predicted molar refractivity (Wildman–Crippen MR) is 68.0 cm³/mol. The first-order valence-electron chi connectivity index (χ1n) is 5.36. The molecule has 0 N–H and O–H groups in total. The van der Waals surface area contributed by atoms with E-state index < -0.39 is 17.5 Å². The summed E-state index contributed by atoms with van der Waals surface area (Å²) >= 11 is 5.91. The highest BCUT2D eigenvalue weighted by atomic mass is 35.5. The minimum Gasteiger partial charge on any atom is -0.465 e. The van der Waals surface area contributed by atoms with Crippen molar-refractivity contribution >= 4 is 23.5 Å². The topological polar surface area (TPSA) is 52.6 Å². The van der Waals surface area contributed by atoms with E-state index in [-0.39, 0.29) is 16.1 Å². The zero-order chi connectivity index (χ0) is 13.9. The number of rotatable bonds is 2. The summed E-state index contributed by atoms with van der Waals surface area (Å²) in [6, 6.07) is 4.32. The standard InChI is InChI=1S/C13H15ClO4/c1-13(2,3)18-12(16)9-7-8(11(15)17-4)5-6-10(9)14/h5-7H,1-4H3. The van der Waals surface area contributed by atoms with Gasteiger partial charge in [0.1, 0.15) is 5.60 Å². The van der Waals surface area contributed by atoms with Crippen LogP contribution in [0.2, 0.25) is 5.02 Å². The highest BCUT2D eigenvalue weighted by Crippen LogP contribution is 2.21. The van der Waals surface area contributed by atoms with E-state index >= 15 is 0 Å². The van der Waals surface area contributed by atoms with Gasteiger partial charge in [0, 0.05) is 0 Å². The monoisotopic (exact) mass is 270 g/mol. The molecule has 0 spiro atoms. The van der Waals surface area contributed by atoms with Gasteiger partial charge in [-0.3, -0.25) is 0 Å². The van der Waals surface area contributed by atoms with Gasteiger partial charge in [-0.25, -0.2) is 9.59 Å². The molecule has 0 saturated carbocycles. The maximum atomic E-state index is 11.9. The van der Waals surface area contributed by atoms with Gasteiger partial charge in [0.25, 0.3) is 0 Å². The highest BCUT2D eigenvalue weighted by Gasteiger charge is 2.21. The number of carbonyl (C=O) groups excluding carboxylic acids is 2. The number of ether oxygens (including phenoxy) is 2. The molecule has 4 nitrogen and oxygen atoms in total. The fourth-order valence-corrected chi connectivity index (χ4v) is 1.45. The summed E-state index contributed by atoms with van der Waals surface area (Å²) in [7, 11) is 1.27. The van der Waals surface area contributed by atoms with Gasteiger partial charge >= 0.3 is 11.9 Å². The van der Waals surface area contributed by atoms with Crippen molar-refractivity contribution in [2.24, 2.45) is 0 Å². The third-order valence-corrected chi connectivity index (χ3v) is 2.34. The third kappa shape index (κ3) is 3.74. The van der Waals surface area contributed by atoms with E-state index in [0.29, 0.717) is 0 Å². The molecule has 0 aliphatic rings. The smallest absolute Gasteiger partial charge is 0.340 e. The molecular formula is C13H15ClO4. The Morgan fingerprint density at radius 3 is 2.28 bits per heavy atom. The van der Waals surface area contributed by atoms with Crippen molar-refractivity contribution in [3.8, 4) is 0 Å². The molecule has 0 fully saturated rings. The van der Waals surface area contributed by atoms with Crippen LogP contribution in [0, 0.1) is 0 Å². The van der Waals surface area contributed by atoms with E-state index in [4.69, 9.17) is 16.3 Å². The zero-order valence-corrected chi connectivity index (χ0v) is 11.5. The molecule has 0 aromatic heterocycles. The lowest BCUT2D eigenvalue weighted by molar-refractivity contribution is 0.00697. The highest BCUT2D eigenvalue weighted by molar-refractivity contribution is 6.33. The lowest BCUT2D eigenvalue weighted by Gasteiger charge is -2.20. The SMILES string of the molecule is COC(=O)c1ccc(Cl)c(C(=O)OC(C)(C)C)c1. The molecule has 0 unspecified atom stereocenters. The van der Waals surface area contributed by atoms with Crippen LogP contribution in [-0.2, 0) is 9.47 Å². The summed E-state index contributed by atoms with van der Waals surface area (Å²) in [5.41, 5.74) is -0.223. The normalized spacial score (nSPS) is 10.9. The Balaban J connectivity index is 3.08. The van der Waals surface area contributed by atoms with Gasteiger partial charge in [0.15, 0.2) is 0 Å². The van der Waals surface area contributed by atoms with Crippen LogP contribution in [0.15, 0.2) is 18.2 Å². The van der Waals surface area contributed by atoms with Gasteiger partial charge in [-0.1, -0.05) is 11.6 Å². The predicted octanol–water partition coefficient (Wildman–Crippen LogP) is 3.08. The first-order chi connectivity index (χ1) is 8.24. The van der Waals surface area contributed by atoms with Gasteiger partial charge in [0.2, 0.25) is 0 Å². The second-order valence-electron chi connectivity index (χ2n) is 4.69. The third-order valence-electron chi connectivity index (χ3n) is 2.01. The number of carbonyl (C=O) groups is 2. The molecule has 0 amide bonds. The van der Waals surface area contributed by atoms with Crippen LogP contribution < -0.4 is 0 Å². The minimum absolute atomic E-state index is 0.148. The second-order valence-corrected chi connectivity index (χ2v) is 5.10. The number of halogens is 1. The van der Waals surface area contributed by atoms with Crippen molar-refractivity contribution in [2.75, 3.05) is 7.11 Å². The summed E-state index contributed by atoms with van der Waals surface area (Å²) in [6.45, 7) is 5.26. The molecule has 1 rings (SSSR count). The molecule has 0 saturated heterocycles. The minimum atomic E-state index is -0.623. The zero-order valence-electron chi connectivity index (χ0n) is 10.7. The number of esters is 2. The first kappa shape index (κ1) is 14.5. The molecule has 0 aliphatic heterocycles. The first-order valence-corrected chi connectivity index (χ1v) is 5.73. The maximum Gasteiger partial charge on any atom is 0.340 e. The van der Waals surface area contributed by atoms with E-state index in [9.17, 15) is 9.59 Å². The average Bonchev–Trinajstić information content (AvgIpc) is 2.26. The van der Waals surface area contributed by atoms with Crippen molar-refractivity contribution in [2.45, 2.75) is 26.4 Å². The molecule has 1 aromatic carbocycles. The van der Waals surface area contributed by atoms with E-state index in [1.807, 2.05) is 0 Å². The van der Waals surface area contributed by atoms with Crippen molar-refractivity contribution in [3.63, 3.8) is 0 Å². The molecular weight excluding hydrogens is 256 g/mol. The average molecular weight is 271 g/mol. The molecule has 0 atom stereocenters. The van der Waals surface area contributed by atoms with Crippen LogP contribution in [0.5, 0.6) is 0 Å². The Morgan fingerprint density at radius 1 is 1.17 bits per heavy atom. The fraction of sp³-hybridized carbons (Fsp3) is 0.385. The number of benzene rings is 1. The van der Waals surface area contributed by atoms with Crippen molar-refractivity contribution in [3.05, 3.63) is 34.3 Å². The molecule has 1 aromatic rings. The number of methoxy groups -OCH3 is 1. The summed E-state index contributed by atoms with van der Waals surface area (Å²) < 4.78 is 9.78. The lowest BCUT2D eigenvalue weighted by atomic mass is 10.1. The van der Waals surface area contributed by atoms with Gasteiger partial charge in [0.05, 0.1) is 23.3 Å². The van der Waals surface area contributed by atoms with E-state index in [1.165, 1.54) is 25.3 Å². The lowest BCUT2D eigenvalue weighted by Crippen LogP contribution is -2.24. The van der Waals surface area contributed by atoms with E-state index in [1.54, 1.807) is 20.8 Å². The number of hydrogen-bond acceptors (Lipinski definition) is 4. The van der Waals surface area contributed by atoms with Gasteiger partial charge < -0.3 is 9.47 Å². The quantitative estimate of drug-likeness (QED) is 0.775. The van der Waals surface area contributed by atoms with Crippen LogP contribution >= 0.6 is 11.6 Å². The Labute approximate surface area is 111 Å². The Bertz CT molecular complexity index is 474. The molecule has 0 heterocycles. The van der Waals surface area contributed by atoms with E-state index in [2.05, 4.69) is 4.74 Å². The summed E-state index contributed by atoms with van der Waals surface area (Å²) in [5.74, 6) is -1.10. The van der Waals surface area contributed by atoms with Crippen molar-refractivity contribution in [1.29, 1.82) is 0 Å². The van der Waals surface area contributed by atoms with Gasteiger partial charge in [-0.15, -0.1) is 0 Å². The Hall–Kier alpha value is -1.55. The van der Waals surface area contributed by atoms with Crippen molar-refractivity contribution < 1.29 is 19.1 Å². The van der Waals surface area contributed by atoms with Crippen LogP contribution in [0.3, 0.4) is 0 Å². The molecule has 0 radical (unpaired) electrons. The Morgan fingerprint density at radius 2 is 1.78 bits per heavy atom. The van der Waals surface area contributed by atoms with Crippen LogP contribution in [0.1, 0.15) is 41.5 Å². The summed E-state index contributed by atoms with van der Waals surface area (Å²) in [4.78, 5) is 23.3. The molecule has 5 heteroatoms. The summed E-state index contributed by atoms with van der Waals surface area (Å²) in [5, 5.41) is 0.233. The molecule has 0 bridgehead atoms. The van der Waals surface area contributed by atoms with Gasteiger partial charge in [-0.05, 0) is 39.0 Å². The largest absolute Gasteiger partial charge is 0.465 e. The number of hydrogen-bond donors (Lipinski definition) is 0. The summed E-state index contributed by atoms with van der Waals surface area (Å²) in [6.07, 6.45) is 0. The van der Waals surface area contributed by atoms with Crippen molar-refractivity contribution in [1.82, 2.24) is 0 Å². The van der Waals surface area contributed by atoms with E-state index in [0.717, 1.165) is 0 Å². The molecule has 98 valence electrons. The van der Waals surface area contributed by atoms with Crippen LogP contribution in [-0.4, -0.2) is 24.6 Å². The molecule has 0 aliphatic carbocycles. The fourth-order valence-electron chi connectivity index (χ4n) is 1.26. The Kier molecular flexibility index (Phi) is 4.35. The van der Waals surface area contributed by atoms with Gasteiger partial charge in [-0.2, -0.15) is 0 Å². The van der Waals surface area contributed by atoms with Crippen LogP contribution in [0.4, 0.5) is 0 Å². The second kappa shape index (κ2) is 5.40. The maximum absolute atomic E-state index is 11.9.